The van der Waals surface area contributed by atoms with Crippen LogP contribution in [0.25, 0.3) is 0 Å². The van der Waals surface area contributed by atoms with Crippen molar-refractivity contribution >= 4 is 6.03 Å². The average molecular weight is 292 g/mol. The molecule has 0 aliphatic rings. The van der Waals surface area contributed by atoms with Crippen molar-refractivity contribution in [2.75, 3.05) is 19.8 Å². The zero-order chi connectivity index (χ0) is 15.5. The first kappa shape index (κ1) is 17.3. The summed E-state index contributed by atoms with van der Waals surface area (Å²) in [6.07, 6.45) is 4.15. The smallest absolute Gasteiger partial charge is 0.320 e. The lowest BCUT2D eigenvalue weighted by molar-refractivity contribution is 0.184. The molecule has 0 spiro atoms. The maximum absolute atomic E-state index is 12.0. The van der Waals surface area contributed by atoms with Gasteiger partial charge in [-0.25, -0.2) is 4.79 Å². The van der Waals surface area contributed by atoms with Crippen molar-refractivity contribution in [3.8, 4) is 5.75 Å². The van der Waals surface area contributed by atoms with Crippen LogP contribution in [0.15, 0.2) is 24.3 Å². The van der Waals surface area contributed by atoms with Crippen molar-refractivity contribution in [3.05, 3.63) is 29.8 Å². The van der Waals surface area contributed by atoms with Gasteiger partial charge in [-0.05, 0) is 37.0 Å². The Hall–Kier alpha value is -1.71. The second-order valence-corrected chi connectivity index (χ2v) is 5.15. The summed E-state index contributed by atoms with van der Waals surface area (Å²) in [7, 11) is 0. The molecule has 0 unspecified atom stereocenters. The van der Waals surface area contributed by atoms with E-state index >= 15 is 0 Å². The zero-order valence-electron chi connectivity index (χ0n) is 13.5. The number of aryl methyl sites for hydroxylation is 1. The fourth-order valence-corrected chi connectivity index (χ4v) is 2.19. The minimum Gasteiger partial charge on any atom is -0.473 e. The molecule has 0 radical (unpaired) electrons. The number of hydrogen-bond donors (Lipinski definition) is 1. The number of carbonyl (C=O) groups excluding carboxylic acids is 1. The van der Waals surface area contributed by atoms with Crippen LogP contribution in [0.5, 0.6) is 5.75 Å². The molecular weight excluding hydrogens is 264 g/mol. The van der Waals surface area contributed by atoms with Crippen LogP contribution in [0.1, 0.15) is 45.6 Å². The highest BCUT2D eigenvalue weighted by molar-refractivity contribution is 5.73. The molecule has 2 amide bonds. The molecule has 1 aromatic carbocycles. The summed E-state index contributed by atoms with van der Waals surface area (Å²) in [4.78, 5) is 13.8. The van der Waals surface area contributed by atoms with Crippen LogP contribution in [0, 0.1) is 0 Å². The SMILES string of the molecule is CCCc1ccc(OCNC(=O)N(CCC)CCC)cc1. The first-order chi connectivity index (χ1) is 10.2. The standard InChI is InChI=1S/C17H28N2O2/c1-4-7-15-8-10-16(11-9-15)21-14-18-17(20)19(12-5-2)13-6-3/h8-11H,4-7,12-14H2,1-3H3,(H,18,20). The first-order valence-corrected chi connectivity index (χ1v) is 7.95. The van der Waals surface area contributed by atoms with Gasteiger partial charge in [0.25, 0.3) is 0 Å². The second-order valence-electron chi connectivity index (χ2n) is 5.15. The van der Waals surface area contributed by atoms with Gasteiger partial charge in [0.1, 0.15) is 5.75 Å². The predicted octanol–water partition coefficient (Wildman–Crippen LogP) is 3.81. The van der Waals surface area contributed by atoms with E-state index in [0.29, 0.717) is 0 Å². The third-order valence-electron chi connectivity index (χ3n) is 3.20. The average Bonchev–Trinajstić information content (AvgIpc) is 2.49. The van der Waals surface area contributed by atoms with Crippen molar-refractivity contribution in [1.29, 1.82) is 0 Å². The molecular formula is C17H28N2O2. The molecule has 1 N–H and O–H groups in total. The highest BCUT2D eigenvalue weighted by Crippen LogP contribution is 2.12. The predicted molar refractivity (Wildman–Crippen MR) is 86.6 cm³/mol. The molecule has 0 fully saturated rings. The Labute approximate surface area is 128 Å². The highest BCUT2D eigenvalue weighted by Gasteiger charge is 2.10. The lowest BCUT2D eigenvalue weighted by Gasteiger charge is -2.21. The molecule has 0 saturated heterocycles. The monoisotopic (exact) mass is 292 g/mol. The Bertz CT molecular complexity index is 398. The first-order valence-electron chi connectivity index (χ1n) is 7.95. The molecule has 0 aliphatic heterocycles. The maximum Gasteiger partial charge on any atom is 0.320 e. The molecule has 1 rings (SSSR count). The van der Waals surface area contributed by atoms with Crippen LogP contribution in [0.4, 0.5) is 4.79 Å². The van der Waals surface area contributed by atoms with Crippen molar-refractivity contribution in [2.24, 2.45) is 0 Å². The van der Waals surface area contributed by atoms with Crippen molar-refractivity contribution < 1.29 is 9.53 Å². The number of rotatable bonds is 9. The van der Waals surface area contributed by atoms with Gasteiger partial charge in [-0.2, -0.15) is 0 Å². The number of hydrogen-bond acceptors (Lipinski definition) is 2. The summed E-state index contributed by atoms with van der Waals surface area (Å²) in [5.74, 6) is 0.785. The van der Waals surface area contributed by atoms with E-state index in [4.69, 9.17) is 4.74 Å². The number of ether oxygens (including phenoxy) is 1. The summed E-state index contributed by atoms with van der Waals surface area (Å²) >= 11 is 0. The number of nitrogens with one attached hydrogen (secondary N) is 1. The Morgan fingerprint density at radius 1 is 1.05 bits per heavy atom. The molecule has 0 aliphatic carbocycles. The van der Waals surface area contributed by atoms with Gasteiger partial charge >= 0.3 is 6.03 Å². The van der Waals surface area contributed by atoms with Crippen LogP contribution < -0.4 is 10.1 Å². The largest absolute Gasteiger partial charge is 0.473 e. The zero-order valence-corrected chi connectivity index (χ0v) is 13.5. The Balaban J connectivity index is 2.35. The van der Waals surface area contributed by atoms with Crippen LogP contribution in [-0.4, -0.2) is 30.8 Å². The summed E-state index contributed by atoms with van der Waals surface area (Å²) in [5, 5.41) is 2.81. The Morgan fingerprint density at radius 2 is 1.67 bits per heavy atom. The van der Waals surface area contributed by atoms with E-state index in [-0.39, 0.29) is 12.8 Å². The molecule has 118 valence electrons. The molecule has 0 saturated carbocycles. The number of amides is 2. The molecule has 21 heavy (non-hydrogen) atoms. The molecule has 4 nitrogen and oxygen atoms in total. The fraction of sp³-hybridized carbons (Fsp3) is 0.588. The van der Waals surface area contributed by atoms with Crippen LogP contribution in [0.2, 0.25) is 0 Å². The quantitative estimate of drug-likeness (QED) is 0.703. The summed E-state index contributed by atoms with van der Waals surface area (Å²) in [6.45, 7) is 8.08. The maximum atomic E-state index is 12.0. The van der Waals surface area contributed by atoms with E-state index in [1.54, 1.807) is 0 Å². The van der Waals surface area contributed by atoms with Gasteiger partial charge < -0.3 is 15.0 Å². The van der Waals surface area contributed by atoms with Gasteiger partial charge in [0.2, 0.25) is 0 Å². The van der Waals surface area contributed by atoms with E-state index < -0.39 is 0 Å². The van der Waals surface area contributed by atoms with E-state index in [0.717, 1.165) is 44.5 Å². The lowest BCUT2D eigenvalue weighted by Crippen LogP contribution is -2.42. The molecule has 4 heteroatoms. The molecule has 0 aromatic heterocycles. The summed E-state index contributed by atoms with van der Waals surface area (Å²) < 4.78 is 5.56. The second kappa shape index (κ2) is 10.1. The fourth-order valence-electron chi connectivity index (χ4n) is 2.19. The van der Waals surface area contributed by atoms with Gasteiger partial charge in [0.05, 0.1) is 0 Å². The lowest BCUT2D eigenvalue weighted by atomic mass is 10.1. The summed E-state index contributed by atoms with van der Waals surface area (Å²) in [6, 6.07) is 7.99. The van der Waals surface area contributed by atoms with Crippen LogP contribution in [-0.2, 0) is 6.42 Å². The number of carbonyl (C=O) groups is 1. The van der Waals surface area contributed by atoms with Gasteiger partial charge in [0, 0.05) is 13.1 Å². The van der Waals surface area contributed by atoms with Crippen molar-refractivity contribution in [2.45, 2.75) is 46.5 Å². The minimum atomic E-state index is -0.0543. The van der Waals surface area contributed by atoms with Crippen LogP contribution in [0.3, 0.4) is 0 Å². The van der Waals surface area contributed by atoms with Crippen LogP contribution >= 0.6 is 0 Å². The molecule has 0 atom stereocenters. The topological polar surface area (TPSA) is 41.6 Å². The van der Waals surface area contributed by atoms with E-state index in [1.165, 1.54) is 5.56 Å². The molecule has 1 aromatic rings. The van der Waals surface area contributed by atoms with Gasteiger partial charge in [-0.1, -0.05) is 39.3 Å². The van der Waals surface area contributed by atoms with Crippen molar-refractivity contribution in [3.63, 3.8) is 0 Å². The van der Waals surface area contributed by atoms with Gasteiger partial charge in [0.15, 0.2) is 6.73 Å². The van der Waals surface area contributed by atoms with E-state index in [1.807, 2.05) is 17.0 Å². The minimum absolute atomic E-state index is 0.0543. The number of nitrogens with zero attached hydrogens (tertiary/aromatic N) is 1. The third kappa shape index (κ3) is 6.52. The third-order valence-corrected chi connectivity index (χ3v) is 3.20. The Morgan fingerprint density at radius 3 is 2.19 bits per heavy atom. The van der Waals surface area contributed by atoms with Crippen molar-refractivity contribution in [1.82, 2.24) is 10.2 Å². The molecule has 0 heterocycles. The number of urea groups is 1. The number of benzene rings is 1. The van der Waals surface area contributed by atoms with Gasteiger partial charge in [-0.3, -0.25) is 0 Å². The Kier molecular flexibility index (Phi) is 8.32. The van der Waals surface area contributed by atoms with Gasteiger partial charge in [-0.15, -0.1) is 0 Å². The normalized spacial score (nSPS) is 10.2. The summed E-state index contributed by atoms with van der Waals surface area (Å²) in [5.41, 5.74) is 1.31. The molecule has 0 bridgehead atoms. The van der Waals surface area contributed by atoms with E-state index in [2.05, 4.69) is 38.2 Å². The highest BCUT2D eigenvalue weighted by atomic mass is 16.5. The van der Waals surface area contributed by atoms with E-state index in [9.17, 15) is 4.79 Å².